The first-order chi connectivity index (χ1) is 6.15. The van der Waals surface area contributed by atoms with Crippen LogP contribution >= 0.6 is 0 Å². The van der Waals surface area contributed by atoms with Gasteiger partial charge in [0.2, 0.25) is 0 Å². The third-order valence-electron chi connectivity index (χ3n) is 2.73. The van der Waals surface area contributed by atoms with Gasteiger partial charge in [0.25, 0.3) is 0 Å². The lowest BCUT2D eigenvalue weighted by Crippen LogP contribution is -2.03. The summed E-state index contributed by atoms with van der Waals surface area (Å²) in [5.41, 5.74) is 2.62. The smallest absolute Gasteiger partial charge is 0.0403 e. The molecule has 0 aliphatic heterocycles. The van der Waals surface area contributed by atoms with Crippen molar-refractivity contribution in [1.29, 1.82) is 0 Å². The quantitative estimate of drug-likeness (QED) is 0.689. The summed E-state index contributed by atoms with van der Waals surface area (Å²) in [6.45, 7) is 8.94. The van der Waals surface area contributed by atoms with Crippen LogP contribution in [0.5, 0.6) is 0 Å². The third kappa shape index (κ3) is 2.55. The van der Waals surface area contributed by atoms with Gasteiger partial charge < -0.3 is 0 Å². The first kappa shape index (κ1) is 10.2. The summed E-state index contributed by atoms with van der Waals surface area (Å²) in [6, 6.07) is 4.36. The fourth-order valence-electron chi connectivity index (χ4n) is 1.36. The molecule has 0 N–H and O–H groups in total. The summed E-state index contributed by atoms with van der Waals surface area (Å²) in [6.07, 6.45) is 2.95. The lowest BCUT2D eigenvalue weighted by Gasteiger charge is -2.16. The summed E-state index contributed by atoms with van der Waals surface area (Å²) in [4.78, 5) is 4.30. The van der Waals surface area contributed by atoms with Crippen LogP contribution in [0.15, 0.2) is 18.3 Å². The molecule has 0 aliphatic carbocycles. The molecule has 1 aromatic rings. The van der Waals surface area contributed by atoms with Crippen LogP contribution in [0, 0.1) is 5.92 Å². The average Bonchev–Trinajstić information content (AvgIpc) is 2.16. The highest BCUT2D eigenvalue weighted by atomic mass is 14.7. The molecule has 0 aliphatic rings. The van der Waals surface area contributed by atoms with E-state index in [2.05, 4.69) is 44.8 Å². The van der Waals surface area contributed by atoms with E-state index in [4.69, 9.17) is 0 Å². The van der Waals surface area contributed by atoms with Crippen LogP contribution in [0.3, 0.4) is 0 Å². The fourth-order valence-corrected chi connectivity index (χ4v) is 1.36. The Hall–Kier alpha value is -0.850. The second kappa shape index (κ2) is 4.40. The minimum Gasteiger partial charge on any atom is -0.261 e. The Morgan fingerprint density at radius 2 is 2.00 bits per heavy atom. The van der Waals surface area contributed by atoms with Crippen molar-refractivity contribution >= 4 is 0 Å². The maximum absolute atomic E-state index is 4.30. The molecule has 1 nitrogen and oxygen atoms in total. The van der Waals surface area contributed by atoms with Crippen LogP contribution in [0.25, 0.3) is 0 Å². The number of nitrogens with zero attached hydrogens (tertiary/aromatic N) is 1. The van der Waals surface area contributed by atoms with E-state index >= 15 is 0 Å². The van der Waals surface area contributed by atoms with E-state index in [-0.39, 0.29) is 0 Å². The molecule has 0 saturated carbocycles. The second-order valence-corrected chi connectivity index (χ2v) is 3.97. The zero-order chi connectivity index (χ0) is 9.84. The van der Waals surface area contributed by atoms with Gasteiger partial charge in [-0.2, -0.15) is 0 Å². The van der Waals surface area contributed by atoms with Crippen molar-refractivity contribution in [2.45, 2.75) is 40.0 Å². The number of hydrogen-bond donors (Lipinski definition) is 0. The Morgan fingerprint density at radius 3 is 2.54 bits per heavy atom. The Morgan fingerprint density at radius 1 is 1.31 bits per heavy atom. The molecule has 0 radical (unpaired) electrons. The predicted molar refractivity (Wildman–Crippen MR) is 56.9 cm³/mol. The van der Waals surface area contributed by atoms with Crippen molar-refractivity contribution < 1.29 is 0 Å². The van der Waals surface area contributed by atoms with Crippen LogP contribution < -0.4 is 0 Å². The number of pyridine rings is 1. The SMILES string of the molecule is CCc1cc(C(C)C(C)C)ccn1. The molecule has 72 valence electrons. The van der Waals surface area contributed by atoms with Gasteiger partial charge in [0.15, 0.2) is 0 Å². The minimum absolute atomic E-state index is 0.633. The molecule has 1 heterocycles. The highest BCUT2D eigenvalue weighted by Crippen LogP contribution is 2.23. The van der Waals surface area contributed by atoms with Crippen molar-refractivity contribution in [2.24, 2.45) is 5.92 Å². The third-order valence-corrected chi connectivity index (χ3v) is 2.73. The zero-order valence-corrected chi connectivity index (χ0v) is 9.04. The van der Waals surface area contributed by atoms with Gasteiger partial charge in [-0.05, 0) is 36.0 Å². The topological polar surface area (TPSA) is 12.9 Å². The van der Waals surface area contributed by atoms with Gasteiger partial charge in [-0.15, -0.1) is 0 Å². The summed E-state index contributed by atoms with van der Waals surface area (Å²) in [5.74, 6) is 1.33. The van der Waals surface area contributed by atoms with Gasteiger partial charge in [-0.1, -0.05) is 27.7 Å². The standard InChI is InChI=1S/C12H19N/c1-5-12-8-11(6-7-13-12)10(4)9(2)3/h6-10H,5H2,1-4H3. The van der Waals surface area contributed by atoms with Crippen LogP contribution in [-0.2, 0) is 6.42 Å². The lowest BCUT2D eigenvalue weighted by molar-refractivity contribution is 0.534. The Labute approximate surface area is 81.2 Å². The molecular weight excluding hydrogens is 158 g/mol. The monoisotopic (exact) mass is 177 g/mol. The number of hydrogen-bond acceptors (Lipinski definition) is 1. The molecule has 0 saturated heterocycles. The van der Waals surface area contributed by atoms with Crippen molar-refractivity contribution in [2.75, 3.05) is 0 Å². The van der Waals surface area contributed by atoms with E-state index < -0.39 is 0 Å². The number of rotatable bonds is 3. The van der Waals surface area contributed by atoms with Gasteiger partial charge in [0, 0.05) is 11.9 Å². The fraction of sp³-hybridized carbons (Fsp3) is 0.583. The maximum atomic E-state index is 4.30. The maximum Gasteiger partial charge on any atom is 0.0403 e. The normalized spacial score (nSPS) is 13.3. The first-order valence-corrected chi connectivity index (χ1v) is 5.10. The molecule has 1 rings (SSSR count). The van der Waals surface area contributed by atoms with E-state index in [9.17, 15) is 0 Å². The summed E-state index contributed by atoms with van der Waals surface area (Å²) in [7, 11) is 0. The van der Waals surface area contributed by atoms with Gasteiger partial charge in [0.05, 0.1) is 0 Å². The molecular formula is C12H19N. The summed E-state index contributed by atoms with van der Waals surface area (Å²) >= 11 is 0. The van der Waals surface area contributed by atoms with Crippen molar-refractivity contribution in [3.8, 4) is 0 Å². The largest absolute Gasteiger partial charge is 0.261 e. The van der Waals surface area contributed by atoms with Crippen molar-refractivity contribution in [1.82, 2.24) is 4.98 Å². The molecule has 0 amide bonds. The predicted octanol–water partition coefficient (Wildman–Crippen LogP) is 3.40. The Kier molecular flexibility index (Phi) is 3.47. The van der Waals surface area contributed by atoms with Crippen LogP contribution in [-0.4, -0.2) is 4.98 Å². The molecule has 1 unspecified atom stereocenters. The lowest BCUT2D eigenvalue weighted by atomic mass is 9.90. The second-order valence-electron chi connectivity index (χ2n) is 3.97. The molecule has 13 heavy (non-hydrogen) atoms. The van der Waals surface area contributed by atoms with E-state index in [1.165, 1.54) is 11.3 Å². The van der Waals surface area contributed by atoms with Gasteiger partial charge in [-0.3, -0.25) is 4.98 Å². The van der Waals surface area contributed by atoms with Gasteiger partial charge in [0.1, 0.15) is 0 Å². The zero-order valence-electron chi connectivity index (χ0n) is 9.04. The molecule has 0 spiro atoms. The van der Waals surface area contributed by atoms with Crippen LogP contribution in [0.1, 0.15) is 44.9 Å². The van der Waals surface area contributed by atoms with Gasteiger partial charge >= 0.3 is 0 Å². The Bertz CT molecular complexity index is 266. The highest BCUT2D eigenvalue weighted by molar-refractivity contribution is 5.20. The number of aryl methyl sites for hydroxylation is 1. The van der Waals surface area contributed by atoms with E-state index in [0.717, 1.165) is 6.42 Å². The molecule has 0 bridgehead atoms. The molecule has 0 fully saturated rings. The Balaban J connectivity index is 2.88. The van der Waals surface area contributed by atoms with Crippen molar-refractivity contribution in [3.63, 3.8) is 0 Å². The summed E-state index contributed by atoms with van der Waals surface area (Å²) in [5, 5.41) is 0. The average molecular weight is 177 g/mol. The van der Waals surface area contributed by atoms with E-state index in [1.807, 2.05) is 6.20 Å². The molecule has 1 aromatic heterocycles. The van der Waals surface area contributed by atoms with E-state index in [1.54, 1.807) is 0 Å². The van der Waals surface area contributed by atoms with E-state index in [0.29, 0.717) is 11.8 Å². The van der Waals surface area contributed by atoms with Crippen LogP contribution in [0.2, 0.25) is 0 Å². The summed E-state index contributed by atoms with van der Waals surface area (Å²) < 4.78 is 0. The van der Waals surface area contributed by atoms with Crippen LogP contribution in [0.4, 0.5) is 0 Å². The first-order valence-electron chi connectivity index (χ1n) is 5.10. The molecule has 1 atom stereocenters. The minimum atomic E-state index is 0.633. The molecule has 1 heteroatoms. The van der Waals surface area contributed by atoms with Crippen molar-refractivity contribution in [3.05, 3.63) is 29.6 Å². The highest BCUT2D eigenvalue weighted by Gasteiger charge is 2.09. The van der Waals surface area contributed by atoms with Gasteiger partial charge in [-0.25, -0.2) is 0 Å². The number of aromatic nitrogens is 1. The molecule has 0 aromatic carbocycles.